The fourth-order valence-electron chi connectivity index (χ4n) is 4.73. The number of benzene rings is 5. The van der Waals surface area contributed by atoms with Crippen molar-refractivity contribution in [2.24, 2.45) is 0 Å². The van der Waals surface area contributed by atoms with Gasteiger partial charge in [0.2, 0.25) is 0 Å². The van der Waals surface area contributed by atoms with E-state index in [0.29, 0.717) is 28.3 Å². The van der Waals surface area contributed by atoms with Crippen molar-refractivity contribution in [1.82, 2.24) is 4.98 Å². The molecule has 37 heavy (non-hydrogen) atoms. The molecule has 5 aromatic carbocycles. The Hall–Kier alpha value is -5.59. The van der Waals surface area contributed by atoms with Crippen molar-refractivity contribution in [1.29, 1.82) is 10.5 Å². The maximum absolute atomic E-state index is 9.57. The van der Waals surface area contributed by atoms with Crippen molar-refractivity contribution >= 4 is 43.8 Å². The largest absolute Gasteiger partial charge is 0.386 e. The van der Waals surface area contributed by atoms with Gasteiger partial charge in [0.05, 0.1) is 5.69 Å². The second kappa shape index (κ2) is 9.22. The van der Waals surface area contributed by atoms with E-state index >= 15 is 0 Å². The Balaban J connectivity index is 1.77. The number of nitrogens with one attached hydrogen (secondary N) is 1. The lowest BCUT2D eigenvalue weighted by atomic mass is 9.92. The molecule has 0 atom stereocenters. The first-order valence-corrected chi connectivity index (χ1v) is 11.6. The highest BCUT2D eigenvalue weighted by Gasteiger charge is 2.23. The van der Waals surface area contributed by atoms with Crippen LogP contribution in [-0.4, -0.2) is 4.98 Å². The van der Waals surface area contributed by atoms with Crippen molar-refractivity contribution in [3.05, 3.63) is 103 Å². The summed E-state index contributed by atoms with van der Waals surface area (Å²) < 4.78 is 11.1. The third-order valence-corrected chi connectivity index (χ3v) is 6.31. The van der Waals surface area contributed by atoms with Crippen LogP contribution in [0.5, 0.6) is 11.5 Å². The minimum absolute atomic E-state index is 0.334. The lowest BCUT2D eigenvalue weighted by molar-refractivity contribution is 0.509. The number of fused-ring (bicyclic) bond motifs is 3. The van der Waals surface area contributed by atoms with Gasteiger partial charge in [-0.25, -0.2) is 0 Å². The summed E-state index contributed by atoms with van der Waals surface area (Å²) in [5.41, 5.74) is 3.33. The number of nitrogens with zero attached hydrogens (tertiary/aromatic N) is 3. The average Bonchev–Trinajstić information content (AvgIpc) is 2.94. The van der Waals surface area contributed by atoms with E-state index in [1.807, 2.05) is 91.4 Å². The lowest BCUT2D eigenvalue weighted by Gasteiger charge is -2.20. The van der Waals surface area contributed by atoms with E-state index in [1.165, 1.54) is 0 Å². The van der Waals surface area contributed by atoms with Crippen molar-refractivity contribution in [3.63, 3.8) is 0 Å². The quantitative estimate of drug-likeness (QED) is 0.202. The Bertz CT molecular complexity index is 1890. The van der Waals surface area contributed by atoms with Crippen LogP contribution in [0.2, 0.25) is 0 Å². The highest BCUT2D eigenvalue weighted by Crippen LogP contribution is 2.48. The predicted molar refractivity (Wildman–Crippen MR) is 144 cm³/mol. The summed E-state index contributed by atoms with van der Waals surface area (Å²) in [6.07, 6.45) is 5.32. The van der Waals surface area contributed by atoms with E-state index in [0.717, 1.165) is 38.2 Å². The van der Waals surface area contributed by atoms with Crippen molar-refractivity contribution < 1.29 is 9.47 Å². The summed E-state index contributed by atoms with van der Waals surface area (Å²) in [7, 11) is 0. The van der Waals surface area contributed by atoms with Crippen LogP contribution in [0.3, 0.4) is 0 Å². The third-order valence-electron chi connectivity index (χ3n) is 6.31. The highest BCUT2D eigenvalue weighted by molar-refractivity contribution is 6.13. The first-order chi connectivity index (χ1) is 18.3. The number of hydrogen-bond donors (Lipinski definition) is 1. The normalized spacial score (nSPS) is 10.6. The standard InChI is InChI=1S/C31H18N4O2/c32-18-36-27-17-23-15-21-7-4-5-8-22(21)16-26(23)28(30(27)35-24-10-2-1-3-11-24)25-13-12-20-9-6-14-34-29(20)31(25)37-19-33/h1-17,35H. The first kappa shape index (κ1) is 21.9. The fraction of sp³-hybridized carbons (Fsp3) is 0. The van der Waals surface area contributed by atoms with E-state index in [-0.39, 0.29) is 0 Å². The zero-order chi connectivity index (χ0) is 25.2. The van der Waals surface area contributed by atoms with Gasteiger partial charge in [-0.2, -0.15) is 0 Å². The first-order valence-electron chi connectivity index (χ1n) is 11.6. The highest BCUT2D eigenvalue weighted by atomic mass is 16.5. The number of para-hydroxylation sites is 1. The molecule has 0 aliphatic carbocycles. The van der Waals surface area contributed by atoms with Crippen molar-refractivity contribution in [3.8, 4) is 35.1 Å². The molecule has 0 fully saturated rings. The van der Waals surface area contributed by atoms with Crippen LogP contribution in [0.25, 0.3) is 43.6 Å². The maximum Gasteiger partial charge on any atom is 0.292 e. The molecule has 0 bridgehead atoms. The summed E-state index contributed by atoms with van der Waals surface area (Å²) in [6, 6.07) is 31.3. The number of pyridine rings is 1. The monoisotopic (exact) mass is 478 g/mol. The van der Waals surface area contributed by atoms with E-state index in [9.17, 15) is 10.5 Å². The number of anilines is 2. The number of nitriles is 2. The zero-order valence-electron chi connectivity index (χ0n) is 19.5. The Morgan fingerprint density at radius 2 is 1.41 bits per heavy atom. The van der Waals surface area contributed by atoms with E-state index in [2.05, 4.69) is 28.5 Å². The van der Waals surface area contributed by atoms with Gasteiger partial charge in [0.25, 0.3) is 12.5 Å². The van der Waals surface area contributed by atoms with Gasteiger partial charge in [-0.15, -0.1) is 10.5 Å². The predicted octanol–water partition coefficient (Wildman–Crippen LogP) is 7.67. The molecule has 0 aliphatic rings. The molecular weight excluding hydrogens is 460 g/mol. The Morgan fingerprint density at radius 1 is 0.676 bits per heavy atom. The minimum Gasteiger partial charge on any atom is -0.386 e. The van der Waals surface area contributed by atoms with Gasteiger partial charge in [-0.05, 0) is 64.0 Å². The molecule has 174 valence electrons. The molecule has 0 spiro atoms. The maximum atomic E-state index is 9.57. The van der Waals surface area contributed by atoms with Gasteiger partial charge >= 0.3 is 0 Å². The van der Waals surface area contributed by atoms with Crippen LogP contribution in [0.1, 0.15) is 0 Å². The van der Waals surface area contributed by atoms with Gasteiger partial charge < -0.3 is 14.8 Å². The third kappa shape index (κ3) is 3.89. The second-order valence-electron chi connectivity index (χ2n) is 8.44. The Kier molecular flexibility index (Phi) is 5.46. The Morgan fingerprint density at radius 3 is 2.19 bits per heavy atom. The van der Waals surface area contributed by atoms with E-state index < -0.39 is 0 Å². The van der Waals surface area contributed by atoms with E-state index in [4.69, 9.17) is 9.47 Å². The number of ether oxygens (including phenoxy) is 2. The zero-order valence-corrected chi connectivity index (χ0v) is 19.5. The summed E-state index contributed by atoms with van der Waals surface area (Å²) in [5, 5.41) is 27.3. The average molecular weight is 479 g/mol. The smallest absolute Gasteiger partial charge is 0.292 e. The van der Waals surface area contributed by atoms with Gasteiger partial charge in [0.15, 0.2) is 11.5 Å². The van der Waals surface area contributed by atoms with Crippen LogP contribution < -0.4 is 14.8 Å². The van der Waals surface area contributed by atoms with Crippen LogP contribution >= 0.6 is 0 Å². The second-order valence-corrected chi connectivity index (χ2v) is 8.44. The number of rotatable bonds is 5. The molecule has 6 rings (SSSR count). The van der Waals surface area contributed by atoms with Crippen LogP contribution in [0, 0.1) is 23.0 Å². The van der Waals surface area contributed by atoms with Gasteiger partial charge in [-0.3, -0.25) is 4.98 Å². The van der Waals surface area contributed by atoms with Crippen molar-refractivity contribution in [2.45, 2.75) is 0 Å². The SMILES string of the molecule is N#COc1cc2cc3ccccc3cc2c(-c2ccc3cccnc3c2OC#N)c1Nc1ccccc1. The van der Waals surface area contributed by atoms with Gasteiger partial charge in [0, 0.05) is 28.4 Å². The molecule has 0 saturated carbocycles. The molecule has 0 radical (unpaired) electrons. The van der Waals surface area contributed by atoms with Crippen LogP contribution in [0.4, 0.5) is 11.4 Å². The molecule has 0 unspecified atom stereocenters. The van der Waals surface area contributed by atoms with Crippen LogP contribution in [0.15, 0.2) is 103 Å². The number of aromatic nitrogens is 1. The number of hydrogen-bond acceptors (Lipinski definition) is 6. The summed E-state index contributed by atoms with van der Waals surface area (Å²) in [4.78, 5) is 4.51. The molecule has 6 heteroatoms. The molecule has 0 aliphatic heterocycles. The molecular formula is C31H18N4O2. The molecule has 0 saturated heterocycles. The molecule has 1 heterocycles. The van der Waals surface area contributed by atoms with Gasteiger partial charge in [-0.1, -0.05) is 54.6 Å². The lowest BCUT2D eigenvalue weighted by Crippen LogP contribution is -2.00. The molecule has 1 N–H and O–H groups in total. The topological polar surface area (TPSA) is 91.0 Å². The summed E-state index contributed by atoms with van der Waals surface area (Å²) in [5.74, 6) is 0.688. The van der Waals surface area contributed by atoms with Gasteiger partial charge in [0.1, 0.15) is 5.52 Å². The van der Waals surface area contributed by atoms with Crippen LogP contribution in [-0.2, 0) is 0 Å². The summed E-state index contributed by atoms with van der Waals surface area (Å²) >= 11 is 0. The fourth-order valence-corrected chi connectivity index (χ4v) is 4.73. The minimum atomic E-state index is 0.334. The van der Waals surface area contributed by atoms with Crippen molar-refractivity contribution in [2.75, 3.05) is 5.32 Å². The molecule has 6 nitrogen and oxygen atoms in total. The summed E-state index contributed by atoms with van der Waals surface area (Å²) in [6.45, 7) is 0. The molecule has 1 aromatic heterocycles. The molecule has 6 aromatic rings. The Labute approximate surface area is 212 Å². The van der Waals surface area contributed by atoms with E-state index in [1.54, 1.807) is 6.20 Å². The molecule has 0 amide bonds.